The Morgan fingerprint density at radius 2 is 1.85 bits per heavy atom. The number of carbonyl (C=O) groups is 1. The summed E-state index contributed by atoms with van der Waals surface area (Å²) in [5.74, 6) is -7.19. The van der Waals surface area contributed by atoms with E-state index in [1.807, 2.05) is 6.07 Å². The molecule has 1 aromatic heterocycles. The van der Waals surface area contributed by atoms with E-state index in [0.717, 1.165) is 18.6 Å². The lowest BCUT2D eigenvalue weighted by molar-refractivity contribution is -0.0705. The molecule has 232 valence electrons. The Morgan fingerprint density at radius 3 is 2.54 bits per heavy atom. The van der Waals surface area contributed by atoms with Crippen LogP contribution in [0, 0.1) is 34.6 Å². The number of aromatic carboxylic acids is 1. The van der Waals surface area contributed by atoms with Crippen LogP contribution >= 0.6 is 0 Å². The van der Waals surface area contributed by atoms with Gasteiger partial charge in [-0.15, -0.1) is 0 Å². The summed E-state index contributed by atoms with van der Waals surface area (Å²) in [6, 6.07) is 15.2. The summed E-state index contributed by atoms with van der Waals surface area (Å²) in [7, 11) is 0. The van der Waals surface area contributed by atoms with Crippen LogP contribution < -0.4 is 9.47 Å². The highest BCUT2D eigenvalue weighted by Crippen LogP contribution is 2.50. The van der Waals surface area contributed by atoms with Gasteiger partial charge in [-0.1, -0.05) is 12.1 Å². The second-order valence-corrected chi connectivity index (χ2v) is 11.2. The molecule has 0 spiro atoms. The highest BCUT2D eigenvalue weighted by atomic mass is 19.2. The van der Waals surface area contributed by atoms with E-state index in [0.29, 0.717) is 17.6 Å². The van der Waals surface area contributed by atoms with Gasteiger partial charge >= 0.3 is 5.97 Å². The predicted molar refractivity (Wildman–Crippen MR) is 155 cm³/mol. The van der Waals surface area contributed by atoms with Crippen molar-refractivity contribution in [3.63, 3.8) is 0 Å². The molecule has 0 amide bonds. The molecule has 1 saturated heterocycles. The summed E-state index contributed by atoms with van der Waals surface area (Å²) in [5, 5.41) is 18.6. The Hall–Kier alpha value is -5.41. The first-order valence-electron chi connectivity index (χ1n) is 14.3. The molecule has 0 bridgehead atoms. The van der Waals surface area contributed by atoms with Crippen LogP contribution in [-0.4, -0.2) is 33.3 Å². The average molecular weight is 630 g/mol. The third kappa shape index (κ3) is 4.80. The monoisotopic (exact) mass is 629 g/mol. The highest BCUT2D eigenvalue weighted by molar-refractivity contribution is 5.92. The van der Waals surface area contributed by atoms with E-state index in [2.05, 4.69) is 4.98 Å². The molecule has 12 heteroatoms. The zero-order chi connectivity index (χ0) is 32.3. The number of nitriles is 1. The van der Waals surface area contributed by atoms with Crippen LogP contribution in [0.2, 0.25) is 0 Å². The van der Waals surface area contributed by atoms with Crippen LogP contribution in [0.15, 0.2) is 60.7 Å². The van der Waals surface area contributed by atoms with Gasteiger partial charge in [-0.3, -0.25) is 0 Å². The molecule has 1 fully saturated rings. The van der Waals surface area contributed by atoms with E-state index < -0.39 is 52.6 Å². The molecule has 2 aliphatic rings. The first-order valence-corrected chi connectivity index (χ1v) is 14.3. The zero-order valence-electron chi connectivity index (χ0n) is 24.1. The van der Waals surface area contributed by atoms with Crippen molar-refractivity contribution in [2.75, 3.05) is 6.61 Å². The molecule has 4 aromatic carbocycles. The normalized spacial score (nSPS) is 18.4. The fourth-order valence-electron chi connectivity index (χ4n) is 5.83. The van der Waals surface area contributed by atoms with Gasteiger partial charge in [0.2, 0.25) is 0 Å². The van der Waals surface area contributed by atoms with Gasteiger partial charge in [0.15, 0.2) is 23.1 Å². The summed E-state index contributed by atoms with van der Waals surface area (Å²) in [6.45, 7) is 2.26. The maximum Gasteiger partial charge on any atom is 0.335 e. The number of nitrogens with zero attached hydrogens (tertiary/aromatic N) is 3. The molecule has 2 aliphatic heterocycles. The van der Waals surface area contributed by atoms with E-state index in [1.165, 1.54) is 55.5 Å². The summed E-state index contributed by atoms with van der Waals surface area (Å²) < 4.78 is 81.4. The lowest BCUT2D eigenvalue weighted by Gasteiger charge is -2.27. The van der Waals surface area contributed by atoms with E-state index in [9.17, 15) is 14.3 Å². The van der Waals surface area contributed by atoms with Gasteiger partial charge in [0.25, 0.3) is 5.79 Å². The van der Waals surface area contributed by atoms with E-state index >= 15 is 13.2 Å². The van der Waals surface area contributed by atoms with Crippen molar-refractivity contribution < 1.29 is 41.7 Å². The second-order valence-electron chi connectivity index (χ2n) is 11.2. The van der Waals surface area contributed by atoms with Crippen molar-refractivity contribution in [3.05, 3.63) is 112 Å². The number of halogens is 4. The number of hydrogen-bond donors (Lipinski definition) is 1. The number of imidazole rings is 1. The van der Waals surface area contributed by atoms with Crippen LogP contribution in [0.3, 0.4) is 0 Å². The predicted octanol–water partition coefficient (Wildman–Crippen LogP) is 6.85. The molecule has 1 unspecified atom stereocenters. The van der Waals surface area contributed by atoms with Crippen molar-refractivity contribution in [1.82, 2.24) is 9.55 Å². The molecular formula is C34H23F4N3O5. The molecule has 1 N–H and O–H groups in total. The number of carboxylic acid groups (broad SMARTS) is 1. The Labute approximate surface area is 259 Å². The summed E-state index contributed by atoms with van der Waals surface area (Å²) >= 11 is 0. The molecule has 8 nitrogen and oxygen atoms in total. The number of ether oxygens (including phenoxy) is 3. The zero-order valence-corrected chi connectivity index (χ0v) is 24.1. The molecular weight excluding hydrogens is 606 g/mol. The van der Waals surface area contributed by atoms with Gasteiger partial charge in [0, 0.05) is 36.6 Å². The smallest absolute Gasteiger partial charge is 0.335 e. The van der Waals surface area contributed by atoms with Gasteiger partial charge in [-0.2, -0.15) is 5.26 Å². The van der Waals surface area contributed by atoms with Gasteiger partial charge in [-0.25, -0.2) is 27.3 Å². The van der Waals surface area contributed by atoms with Crippen LogP contribution in [0.25, 0.3) is 22.2 Å². The van der Waals surface area contributed by atoms with Crippen LogP contribution in [0.1, 0.15) is 46.2 Å². The van der Waals surface area contributed by atoms with E-state index in [1.54, 1.807) is 4.57 Å². The van der Waals surface area contributed by atoms with Crippen molar-refractivity contribution >= 4 is 17.0 Å². The Morgan fingerprint density at radius 1 is 1.04 bits per heavy atom. The van der Waals surface area contributed by atoms with Gasteiger partial charge < -0.3 is 23.9 Å². The number of aromatic nitrogens is 2. The second kappa shape index (κ2) is 10.9. The largest absolute Gasteiger partial charge is 0.478 e. The number of fused-ring (bicyclic) bond motifs is 2. The maximum absolute atomic E-state index is 15.8. The van der Waals surface area contributed by atoms with Crippen molar-refractivity contribution in [3.8, 4) is 28.7 Å². The average Bonchev–Trinajstić information content (AvgIpc) is 3.55. The molecule has 5 aromatic rings. The summed E-state index contributed by atoms with van der Waals surface area (Å²) in [6.07, 6.45) is 0.124. The Bertz CT molecular complexity index is 2120. The highest BCUT2D eigenvalue weighted by Gasteiger charge is 2.42. The number of hydrogen-bond acceptors (Lipinski definition) is 6. The van der Waals surface area contributed by atoms with Crippen LogP contribution in [0.4, 0.5) is 17.6 Å². The minimum Gasteiger partial charge on any atom is -0.478 e. The summed E-state index contributed by atoms with van der Waals surface area (Å²) in [5.41, 5.74) is -0.0994. The lowest BCUT2D eigenvalue weighted by Crippen LogP contribution is -2.32. The van der Waals surface area contributed by atoms with Crippen LogP contribution in [-0.2, 0) is 23.5 Å². The van der Waals surface area contributed by atoms with Crippen molar-refractivity contribution in [2.45, 2.75) is 38.2 Å². The molecule has 7 rings (SSSR count). The number of benzene rings is 4. The van der Waals surface area contributed by atoms with Gasteiger partial charge in [-0.05, 0) is 55.0 Å². The maximum atomic E-state index is 15.8. The molecule has 0 radical (unpaired) electrons. The van der Waals surface area contributed by atoms with Crippen LogP contribution in [0.5, 0.6) is 11.5 Å². The van der Waals surface area contributed by atoms with Gasteiger partial charge in [0.05, 0.1) is 46.4 Å². The molecule has 0 aliphatic carbocycles. The summed E-state index contributed by atoms with van der Waals surface area (Å²) in [4.78, 5) is 16.1. The minimum absolute atomic E-state index is 0.0158. The van der Waals surface area contributed by atoms with E-state index in [-0.39, 0.29) is 52.2 Å². The molecule has 46 heavy (non-hydrogen) atoms. The number of rotatable bonds is 7. The lowest BCUT2D eigenvalue weighted by atomic mass is 9.99. The van der Waals surface area contributed by atoms with Crippen molar-refractivity contribution in [1.29, 1.82) is 5.26 Å². The fraction of sp³-hybridized carbons (Fsp3) is 0.206. The minimum atomic E-state index is -1.71. The molecule has 2 atom stereocenters. The fourth-order valence-corrected chi connectivity index (χ4v) is 5.83. The first kappa shape index (κ1) is 29.3. The molecule has 3 heterocycles. The topological polar surface area (TPSA) is 107 Å². The van der Waals surface area contributed by atoms with Gasteiger partial charge in [0.1, 0.15) is 17.5 Å². The quantitative estimate of drug-likeness (QED) is 0.155. The number of carboxylic acids is 1. The third-order valence-corrected chi connectivity index (χ3v) is 8.30. The van der Waals surface area contributed by atoms with E-state index in [4.69, 9.17) is 19.5 Å². The molecule has 0 saturated carbocycles. The Balaban J connectivity index is 1.26. The standard InChI is InChI=1S/C34H23F4N3O5/c1-34(23-7-5-17(15-39)11-25(23)36)45-28-4-2-3-20(32(28)46-34)21-13-24(35)22(31(38)30(21)37)14-29-40-26-8-6-18(33(42)43)12-27(26)41(29)16-19-9-10-44-19/h2-8,11-13,19H,9-10,14,16H2,1H3,(H,42,43)/t19-,34?/m0/s1. The third-order valence-electron chi connectivity index (χ3n) is 8.30. The number of para-hydroxylation sites is 1. The first-order chi connectivity index (χ1) is 22.1. The van der Waals surface area contributed by atoms with Crippen molar-refractivity contribution in [2.24, 2.45) is 0 Å². The SMILES string of the molecule is CC1(c2ccc(C#N)cc2F)Oc2cccc(-c3cc(F)c(Cc4nc5ccc(C(=O)O)cc5n4C[C@@H]4CCO4)c(F)c3F)c2O1. The Kier molecular flexibility index (Phi) is 6.94.